The molecule has 1 atom stereocenters. The molecule has 104 valence electrons. The maximum atomic E-state index is 4.40. The molecular weight excluding hydrogens is 246 g/mol. The van der Waals surface area contributed by atoms with E-state index in [9.17, 15) is 0 Å². The number of aromatic nitrogens is 1. The van der Waals surface area contributed by atoms with E-state index in [0.29, 0.717) is 0 Å². The lowest BCUT2D eigenvalue weighted by atomic mass is 10.1. The predicted molar refractivity (Wildman–Crippen MR) is 81.5 cm³/mol. The molecule has 1 N–H and O–H groups in total. The van der Waals surface area contributed by atoms with Crippen LogP contribution in [0.1, 0.15) is 18.4 Å². The predicted octanol–water partition coefficient (Wildman–Crippen LogP) is 2.42. The first-order chi connectivity index (χ1) is 9.90. The molecule has 1 unspecified atom stereocenters. The molecule has 1 saturated heterocycles. The molecule has 0 bridgehead atoms. The van der Waals surface area contributed by atoms with Gasteiger partial charge in [0.2, 0.25) is 0 Å². The Hall–Kier alpha value is -1.45. The monoisotopic (exact) mass is 267 g/mol. The number of nitrogens with one attached hydrogen (secondary N) is 1. The van der Waals surface area contributed by atoms with Gasteiger partial charge in [0.05, 0.1) is 5.52 Å². The minimum absolute atomic E-state index is 0.744. The maximum Gasteiger partial charge on any atom is 0.0702 e. The molecule has 2 heterocycles. The summed E-state index contributed by atoms with van der Waals surface area (Å²) in [5.41, 5.74) is 2.51. The lowest BCUT2D eigenvalue weighted by molar-refractivity contribution is 0.136. The van der Waals surface area contributed by atoms with E-state index in [2.05, 4.69) is 39.5 Å². The van der Waals surface area contributed by atoms with Crippen LogP contribution in [0.25, 0.3) is 10.9 Å². The highest BCUT2D eigenvalue weighted by Crippen LogP contribution is 2.36. The van der Waals surface area contributed by atoms with Gasteiger partial charge in [-0.15, -0.1) is 0 Å². The molecule has 4 rings (SSSR count). The van der Waals surface area contributed by atoms with Crippen LogP contribution in [0.5, 0.6) is 0 Å². The molecule has 2 fully saturated rings. The molecule has 1 aliphatic carbocycles. The molecule has 2 aromatic rings. The minimum atomic E-state index is 0.744. The van der Waals surface area contributed by atoms with E-state index in [1.165, 1.54) is 36.9 Å². The van der Waals surface area contributed by atoms with Crippen molar-refractivity contribution in [1.29, 1.82) is 0 Å². The highest BCUT2D eigenvalue weighted by molar-refractivity contribution is 5.78. The number of hydrogen-bond donors (Lipinski definition) is 1. The molecule has 3 nitrogen and oxygen atoms in total. The molecule has 1 aromatic heterocycles. The summed E-state index contributed by atoms with van der Waals surface area (Å²) in [6, 6.07) is 11.6. The van der Waals surface area contributed by atoms with E-state index in [1.54, 1.807) is 0 Å². The van der Waals surface area contributed by atoms with Gasteiger partial charge in [0.1, 0.15) is 0 Å². The average molecular weight is 267 g/mol. The minimum Gasteiger partial charge on any atom is -0.314 e. The van der Waals surface area contributed by atoms with Gasteiger partial charge < -0.3 is 5.32 Å². The van der Waals surface area contributed by atoms with E-state index < -0.39 is 0 Å². The first kappa shape index (κ1) is 12.3. The van der Waals surface area contributed by atoms with Gasteiger partial charge in [-0.3, -0.25) is 9.88 Å². The normalized spacial score (nSPS) is 24.1. The van der Waals surface area contributed by atoms with Crippen molar-refractivity contribution in [1.82, 2.24) is 15.2 Å². The summed E-state index contributed by atoms with van der Waals surface area (Å²) in [5, 5.41) is 4.80. The summed E-state index contributed by atoms with van der Waals surface area (Å²) in [5.74, 6) is 0.935. The van der Waals surface area contributed by atoms with Gasteiger partial charge in [0.15, 0.2) is 0 Å². The van der Waals surface area contributed by atoms with Crippen molar-refractivity contribution in [3.8, 4) is 0 Å². The Balaban J connectivity index is 1.56. The number of nitrogens with zero attached hydrogens (tertiary/aromatic N) is 2. The summed E-state index contributed by atoms with van der Waals surface area (Å²) in [6.45, 7) is 4.54. The van der Waals surface area contributed by atoms with Crippen molar-refractivity contribution in [2.75, 3.05) is 19.6 Å². The Labute approximate surface area is 120 Å². The Morgan fingerprint density at radius 3 is 3.10 bits per heavy atom. The lowest BCUT2D eigenvalue weighted by Gasteiger charge is -2.36. The zero-order valence-corrected chi connectivity index (χ0v) is 11.8. The summed E-state index contributed by atoms with van der Waals surface area (Å²) in [6.07, 6.45) is 4.70. The van der Waals surface area contributed by atoms with Crippen LogP contribution in [0.15, 0.2) is 36.5 Å². The fraction of sp³-hybridized carbons (Fsp3) is 0.471. The SMILES string of the molecule is c1cnc2ccc(CN3CCNCC3C3CC3)cc2c1. The third kappa shape index (κ3) is 2.43. The van der Waals surface area contributed by atoms with E-state index >= 15 is 0 Å². The number of fused-ring (bicyclic) bond motifs is 1. The number of rotatable bonds is 3. The summed E-state index contributed by atoms with van der Waals surface area (Å²) in [7, 11) is 0. The first-order valence-electron chi connectivity index (χ1n) is 7.68. The molecule has 0 spiro atoms. The molecule has 1 saturated carbocycles. The fourth-order valence-electron chi connectivity index (χ4n) is 3.37. The summed E-state index contributed by atoms with van der Waals surface area (Å²) < 4.78 is 0. The summed E-state index contributed by atoms with van der Waals surface area (Å²) in [4.78, 5) is 7.07. The van der Waals surface area contributed by atoms with Gasteiger partial charge in [0, 0.05) is 43.8 Å². The molecule has 1 aliphatic heterocycles. The van der Waals surface area contributed by atoms with Crippen LogP contribution in [0.3, 0.4) is 0 Å². The number of pyridine rings is 1. The standard InChI is InChI=1S/C17H21N3/c1-2-15-10-13(3-6-16(15)19-7-1)12-20-9-8-18-11-17(20)14-4-5-14/h1-3,6-7,10,14,17-18H,4-5,8-9,11-12H2. The van der Waals surface area contributed by atoms with E-state index in [4.69, 9.17) is 0 Å². The van der Waals surface area contributed by atoms with Gasteiger partial charge in [-0.05, 0) is 42.5 Å². The van der Waals surface area contributed by atoms with Crippen LogP contribution in [0.4, 0.5) is 0 Å². The molecule has 2 aliphatic rings. The number of hydrogen-bond acceptors (Lipinski definition) is 3. The molecule has 1 aromatic carbocycles. The molecule has 0 radical (unpaired) electrons. The highest BCUT2D eigenvalue weighted by atomic mass is 15.2. The number of piperazine rings is 1. The zero-order valence-electron chi connectivity index (χ0n) is 11.8. The van der Waals surface area contributed by atoms with E-state index in [1.807, 2.05) is 12.3 Å². The van der Waals surface area contributed by atoms with Crippen LogP contribution < -0.4 is 5.32 Å². The van der Waals surface area contributed by atoms with Gasteiger partial charge in [-0.1, -0.05) is 12.1 Å². The third-order valence-corrected chi connectivity index (χ3v) is 4.62. The highest BCUT2D eigenvalue weighted by Gasteiger charge is 2.36. The van der Waals surface area contributed by atoms with Gasteiger partial charge in [-0.2, -0.15) is 0 Å². The van der Waals surface area contributed by atoms with Gasteiger partial charge in [-0.25, -0.2) is 0 Å². The second-order valence-corrected chi connectivity index (χ2v) is 6.11. The Morgan fingerprint density at radius 1 is 1.25 bits per heavy atom. The van der Waals surface area contributed by atoms with Crippen molar-refractivity contribution in [2.45, 2.75) is 25.4 Å². The third-order valence-electron chi connectivity index (χ3n) is 4.62. The van der Waals surface area contributed by atoms with Crippen LogP contribution in [-0.4, -0.2) is 35.6 Å². The van der Waals surface area contributed by atoms with Crippen molar-refractivity contribution in [3.05, 3.63) is 42.1 Å². The fourth-order valence-corrected chi connectivity index (χ4v) is 3.37. The van der Waals surface area contributed by atoms with Crippen LogP contribution in [0.2, 0.25) is 0 Å². The topological polar surface area (TPSA) is 28.2 Å². The van der Waals surface area contributed by atoms with E-state index in [-0.39, 0.29) is 0 Å². The van der Waals surface area contributed by atoms with Crippen molar-refractivity contribution >= 4 is 10.9 Å². The lowest BCUT2D eigenvalue weighted by Crippen LogP contribution is -2.51. The number of benzene rings is 1. The largest absolute Gasteiger partial charge is 0.314 e. The quantitative estimate of drug-likeness (QED) is 0.925. The smallest absolute Gasteiger partial charge is 0.0702 e. The van der Waals surface area contributed by atoms with Crippen LogP contribution >= 0.6 is 0 Å². The zero-order chi connectivity index (χ0) is 13.4. The van der Waals surface area contributed by atoms with Gasteiger partial charge >= 0.3 is 0 Å². The van der Waals surface area contributed by atoms with Crippen molar-refractivity contribution in [3.63, 3.8) is 0 Å². The second-order valence-electron chi connectivity index (χ2n) is 6.11. The molecule has 3 heteroatoms. The van der Waals surface area contributed by atoms with Crippen molar-refractivity contribution in [2.24, 2.45) is 5.92 Å². The summed E-state index contributed by atoms with van der Waals surface area (Å²) >= 11 is 0. The molecule has 0 amide bonds. The van der Waals surface area contributed by atoms with Crippen LogP contribution in [0, 0.1) is 5.92 Å². The first-order valence-corrected chi connectivity index (χ1v) is 7.68. The van der Waals surface area contributed by atoms with E-state index in [0.717, 1.165) is 30.6 Å². The maximum absolute atomic E-state index is 4.40. The molecular formula is C17H21N3. The van der Waals surface area contributed by atoms with Crippen molar-refractivity contribution < 1.29 is 0 Å². The van der Waals surface area contributed by atoms with Gasteiger partial charge in [0.25, 0.3) is 0 Å². The molecule has 20 heavy (non-hydrogen) atoms. The van der Waals surface area contributed by atoms with Crippen LogP contribution in [-0.2, 0) is 6.54 Å². The Bertz CT molecular complexity index is 606. The average Bonchev–Trinajstić information content (AvgIpc) is 3.32. The Kier molecular flexibility index (Phi) is 3.17. The second kappa shape index (κ2) is 5.15. The Morgan fingerprint density at radius 2 is 2.20 bits per heavy atom.